The molecular weight excluding hydrogens is 254 g/mol. The molecule has 0 aliphatic heterocycles. The molecule has 20 heavy (non-hydrogen) atoms. The summed E-state index contributed by atoms with van der Waals surface area (Å²) >= 11 is 0. The first-order chi connectivity index (χ1) is 9.65. The number of aromatic nitrogens is 2. The SMILES string of the molecule is CC1CCC(N(C)C(=O)c2ccc3nonc3c2)CC1. The average Bonchev–Trinajstić information content (AvgIpc) is 2.94. The number of hydrogen-bond acceptors (Lipinski definition) is 4. The second-order valence-corrected chi connectivity index (χ2v) is 5.80. The number of fused-ring (bicyclic) bond motifs is 1. The van der Waals surface area contributed by atoms with Crippen LogP contribution in [-0.2, 0) is 0 Å². The van der Waals surface area contributed by atoms with Crippen molar-refractivity contribution in [1.29, 1.82) is 0 Å². The summed E-state index contributed by atoms with van der Waals surface area (Å²) in [5, 5.41) is 7.54. The van der Waals surface area contributed by atoms with E-state index in [1.807, 2.05) is 11.9 Å². The predicted molar refractivity (Wildman–Crippen MR) is 75.3 cm³/mol. The Balaban J connectivity index is 1.77. The van der Waals surface area contributed by atoms with Crippen LogP contribution in [0.2, 0.25) is 0 Å². The first kappa shape index (κ1) is 13.1. The summed E-state index contributed by atoms with van der Waals surface area (Å²) in [6, 6.07) is 5.66. The molecule has 0 N–H and O–H groups in total. The van der Waals surface area contributed by atoms with E-state index in [0.29, 0.717) is 22.6 Å². The van der Waals surface area contributed by atoms with E-state index in [4.69, 9.17) is 0 Å². The number of nitrogens with zero attached hydrogens (tertiary/aromatic N) is 3. The van der Waals surface area contributed by atoms with Crippen LogP contribution in [0.3, 0.4) is 0 Å². The third-order valence-corrected chi connectivity index (χ3v) is 4.35. The zero-order chi connectivity index (χ0) is 14.1. The highest BCUT2D eigenvalue weighted by Gasteiger charge is 2.25. The molecule has 0 unspecified atom stereocenters. The fourth-order valence-corrected chi connectivity index (χ4v) is 2.91. The van der Waals surface area contributed by atoms with Crippen molar-refractivity contribution in [3.05, 3.63) is 23.8 Å². The molecule has 1 saturated carbocycles. The Hall–Kier alpha value is -1.91. The van der Waals surface area contributed by atoms with Crippen LogP contribution in [0.25, 0.3) is 11.0 Å². The Morgan fingerprint density at radius 3 is 2.65 bits per heavy atom. The van der Waals surface area contributed by atoms with Gasteiger partial charge in [0, 0.05) is 18.7 Å². The first-order valence-electron chi connectivity index (χ1n) is 7.14. The summed E-state index contributed by atoms with van der Waals surface area (Å²) in [4.78, 5) is 14.4. The van der Waals surface area contributed by atoms with Gasteiger partial charge in [0.1, 0.15) is 11.0 Å². The van der Waals surface area contributed by atoms with E-state index in [0.717, 1.165) is 18.8 Å². The highest BCUT2D eigenvalue weighted by atomic mass is 16.6. The molecule has 5 nitrogen and oxygen atoms in total. The smallest absolute Gasteiger partial charge is 0.253 e. The van der Waals surface area contributed by atoms with Crippen LogP contribution < -0.4 is 0 Å². The van der Waals surface area contributed by atoms with Crippen LogP contribution in [0.4, 0.5) is 0 Å². The van der Waals surface area contributed by atoms with Crippen molar-refractivity contribution < 1.29 is 9.42 Å². The molecular formula is C15H19N3O2. The minimum Gasteiger partial charge on any atom is -0.339 e. The Morgan fingerprint density at radius 2 is 1.90 bits per heavy atom. The van der Waals surface area contributed by atoms with E-state index in [1.54, 1.807) is 18.2 Å². The molecule has 1 aromatic heterocycles. The molecule has 1 fully saturated rings. The van der Waals surface area contributed by atoms with Crippen molar-refractivity contribution >= 4 is 16.9 Å². The molecule has 0 saturated heterocycles. The lowest BCUT2D eigenvalue weighted by atomic mass is 9.86. The van der Waals surface area contributed by atoms with Gasteiger partial charge in [0.25, 0.3) is 5.91 Å². The highest BCUT2D eigenvalue weighted by Crippen LogP contribution is 2.27. The predicted octanol–water partition coefficient (Wildman–Crippen LogP) is 2.87. The van der Waals surface area contributed by atoms with Crippen LogP contribution in [-0.4, -0.2) is 34.2 Å². The van der Waals surface area contributed by atoms with Crippen LogP contribution in [0.5, 0.6) is 0 Å². The summed E-state index contributed by atoms with van der Waals surface area (Å²) in [5.41, 5.74) is 1.95. The maximum atomic E-state index is 12.5. The van der Waals surface area contributed by atoms with E-state index < -0.39 is 0 Å². The molecule has 106 valence electrons. The number of carbonyl (C=O) groups excluding carboxylic acids is 1. The van der Waals surface area contributed by atoms with Gasteiger partial charge in [0.05, 0.1) is 0 Å². The molecule has 1 amide bonds. The minimum absolute atomic E-state index is 0.0504. The largest absolute Gasteiger partial charge is 0.339 e. The normalized spacial score (nSPS) is 22.9. The summed E-state index contributed by atoms with van der Waals surface area (Å²) in [5.74, 6) is 0.835. The van der Waals surface area contributed by atoms with Crippen molar-refractivity contribution in [2.75, 3.05) is 7.05 Å². The first-order valence-corrected chi connectivity index (χ1v) is 7.14. The summed E-state index contributed by atoms with van der Waals surface area (Å²) in [6.07, 6.45) is 4.59. The molecule has 1 heterocycles. The van der Waals surface area contributed by atoms with Gasteiger partial charge in [0.15, 0.2) is 0 Å². The van der Waals surface area contributed by atoms with E-state index in [2.05, 4.69) is 21.9 Å². The molecule has 2 aromatic rings. The molecule has 1 aromatic carbocycles. The number of carbonyl (C=O) groups is 1. The van der Waals surface area contributed by atoms with Crippen molar-refractivity contribution in [3.63, 3.8) is 0 Å². The highest BCUT2D eigenvalue weighted by molar-refractivity contribution is 5.97. The molecule has 5 heteroatoms. The van der Waals surface area contributed by atoms with Crippen molar-refractivity contribution in [3.8, 4) is 0 Å². The lowest BCUT2D eigenvalue weighted by molar-refractivity contribution is 0.0679. The maximum absolute atomic E-state index is 12.5. The quantitative estimate of drug-likeness (QED) is 0.844. The Bertz CT molecular complexity index is 614. The lowest BCUT2D eigenvalue weighted by Crippen LogP contribution is -2.39. The number of hydrogen-bond donors (Lipinski definition) is 0. The topological polar surface area (TPSA) is 59.2 Å². The average molecular weight is 273 g/mol. The summed E-state index contributed by atoms with van der Waals surface area (Å²) < 4.78 is 4.66. The summed E-state index contributed by atoms with van der Waals surface area (Å²) in [6.45, 7) is 2.28. The Labute approximate surface area is 117 Å². The zero-order valence-corrected chi connectivity index (χ0v) is 11.9. The number of rotatable bonds is 2. The molecule has 3 rings (SSSR count). The summed E-state index contributed by atoms with van der Waals surface area (Å²) in [7, 11) is 1.90. The van der Waals surface area contributed by atoms with Gasteiger partial charge in [0.2, 0.25) is 0 Å². The zero-order valence-electron chi connectivity index (χ0n) is 11.9. The monoisotopic (exact) mass is 273 g/mol. The van der Waals surface area contributed by atoms with E-state index in [1.165, 1.54) is 12.8 Å². The van der Waals surface area contributed by atoms with Gasteiger partial charge in [-0.3, -0.25) is 4.79 Å². The molecule has 0 bridgehead atoms. The number of amides is 1. The van der Waals surface area contributed by atoms with E-state index >= 15 is 0 Å². The van der Waals surface area contributed by atoms with Crippen molar-refractivity contribution in [1.82, 2.24) is 15.2 Å². The molecule has 0 spiro atoms. The maximum Gasteiger partial charge on any atom is 0.253 e. The Morgan fingerprint density at radius 1 is 1.20 bits per heavy atom. The molecule has 1 aliphatic rings. The number of benzene rings is 1. The standard InChI is InChI=1S/C15H19N3O2/c1-10-3-6-12(7-4-10)18(2)15(19)11-5-8-13-14(9-11)17-20-16-13/h5,8-10,12H,3-4,6-7H2,1-2H3. The van der Waals surface area contributed by atoms with Crippen molar-refractivity contribution in [2.24, 2.45) is 5.92 Å². The third kappa shape index (κ3) is 2.40. The van der Waals surface area contributed by atoms with Gasteiger partial charge >= 0.3 is 0 Å². The third-order valence-electron chi connectivity index (χ3n) is 4.35. The minimum atomic E-state index is 0.0504. The second-order valence-electron chi connectivity index (χ2n) is 5.80. The van der Waals surface area contributed by atoms with Crippen LogP contribution >= 0.6 is 0 Å². The van der Waals surface area contributed by atoms with E-state index in [9.17, 15) is 4.79 Å². The van der Waals surface area contributed by atoms with Crippen LogP contribution in [0.1, 0.15) is 43.0 Å². The molecule has 0 radical (unpaired) electrons. The van der Waals surface area contributed by atoms with Crippen LogP contribution in [0, 0.1) is 5.92 Å². The Kier molecular flexibility index (Phi) is 3.42. The van der Waals surface area contributed by atoms with Gasteiger partial charge in [-0.2, -0.15) is 0 Å². The van der Waals surface area contributed by atoms with Gasteiger partial charge in [-0.25, -0.2) is 4.63 Å². The van der Waals surface area contributed by atoms with Gasteiger partial charge < -0.3 is 4.90 Å². The molecule has 0 atom stereocenters. The van der Waals surface area contributed by atoms with Gasteiger partial charge in [-0.05, 0) is 60.1 Å². The second kappa shape index (κ2) is 5.23. The van der Waals surface area contributed by atoms with Crippen molar-refractivity contribution in [2.45, 2.75) is 38.6 Å². The van der Waals surface area contributed by atoms with Crippen LogP contribution in [0.15, 0.2) is 22.8 Å². The van der Waals surface area contributed by atoms with Gasteiger partial charge in [-0.1, -0.05) is 6.92 Å². The fraction of sp³-hybridized carbons (Fsp3) is 0.533. The fourth-order valence-electron chi connectivity index (χ4n) is 2.91. The molecule has 1 aliphatic carbocycles. The lowest BCUT2D eigenvalue weighted by Gasteiger charge is -2.33. The van der Waals surface area contributed by atoms with E-state index in [-0.39, 0.29) is 5.91 Å². The van der Waals surface area contributed by atoms with Gasteiger partial charge in [-0.15, -0.1) is 0 Å².